The van der Waals surface area contributed by atoms with Crippen LogP contribution in [0.1, 0.15) is 0 Å². The summed E-state index contributed by atoms with van der Waals surface area (Å²) < 4.78 is 73.1. The van der Waals surface area contributed by atoms with Crippen LogP contribution in [0.3, 0.4) is 0 Å². The number of fused-ring (bicyclic) bond motifs is 1. The largest absolute Gasteiger partial charge is 0.471 e. The number of nitrogens with one attached hydrogen (secondary N) is 4. The smallest absolute Gasteiger partial charge is 0.388 e. The zero-order valence-electron chi connectivity index (χ0n) is 19.0. The van der Waals surface area contributed by atoms with Crippen LogP contribution in [0.15, 0.2) is 53.2 Å². The molecule has 0 spiro atoms. The standard InChI is InChI=1S/C19H15F3N8O2.C2HF3O/c1-23-10-2-4-11(5-3-10)24-14-15(28-17-16(27-14)29-32-30-17)25-12-6-8-13(9-7-12)26-18(31)19(20,21)22;3-2(4,5)1-6/h2-9,23H,1H3,(H,26,31)(H,24,27,29)(H,25,28,30);1H. The number of nitrogens with zero attached hydrogens (tertiary/aromatic N) is 4. The Morgan fingerprint density at radius 1 is 0.763 bits per heavy atom. The maximum Gasteiger partial charge on any atom is 0.471 e. The second kappa shape index (κ2) is 11.4. The summed E-state index contributed by atoms with van der Waals surface area (Å²) in [7, 11) is 1.81. The number of hydrogen-bond acceptors (Lipinski definition) is 10. The fourth-order valence-electron chi connectivity index (χ4n) is 2.64. The number of benzene rings is 2. The molecule has 4 N–H and O–H groups in total. The molecule has 0 unspecified atom stereocenters. The Hall–Kier alpha value is -4.96. The van der Waals surface area contributed by atoms with Crippen molar-refractivity contribution in [1.29, 1.82) is 0 Å². The van der Waals surface area contributed by atoms with E-state index in [-0.39, 0.29) is 22.8 Å². The van der Waals surface area contributed by atoms with Gasteiger partial charge in [-0.25, -0.2) is 14.6 Å². The molecule has 4 aromatic rings. The zero-order valence-corrected chi connectivity index (χ0v) is 19.0. The molecule has 0 aliphatic heterocycles. The molecule has 0 radical (unpaired) electrons. The Kier molecular flexibility index (Phi) is 8.29. The van der Waals surface area contributed by atoms with Gasteiger partial charge in [-0.15, -0.1) is 0 Å². The van der Waals surface area contributed by atoms with E-state index in [1.807, 2.05) is 24.3 Å². The average Bonchev–Trinajstić information content (AvgIpc) is 3.32. The topological polar surface area (TPSA) is 147 Å². The van der Waals surface area contributed by atoms with Gasteiger partial charge in [-0.05, 0) is 58.8 Å². The first-order chi connectivity index (χ1) is 17.9. The minimum absolute atomic E-state index is 0.0110. The van der Waals surface area contributed by atoms with Crippen molar-refractivity contribution in [2.75, 3.05) is 28.3 Å². The summed E-state index contributed by atoms with van der Waals surface area (Å²) in [5.41, 5.74) is 2.47. The number of rotatable bonds is 6. The third-order valence-electron chi connectivity index (χ3n) is 4.35. The Morgan fingerprint density at radius 2 is 1.16 bits per heavy atom. The highest BCUT2D eigenvalue weighted by molar-refractivity contribution is 5.95. The molecule has 1 amide bonds. The molecule has 0 aliphatic carbocycles. The van der Waals surface area contributed by atoms with E-state index < -0.39 is 24.5 Å². The summed E-state index contributed by atoms with van der Waals surface area (Å²) in [6.45, 7) is 0. The molecule has 11 nitrogen and oxygen atoms in total. The van der Waals surface area contributed by atoms with Crippen LogP contribution in [0.5, 0.6) is 0 Å². The molecule has 0 saturated heterocycles. The van der Waals surface area contributed by atoms with Crippen LogP contribution in [0.25, 0.3) is 11.3 Å². The van der Waals surface area contributed by atoms with Crippen LogP contribution in [-0.4, -0.2) is 51.9 Å². The van der Waals surface area contributed by atoms with Crippen molar-refractivity contribution < 1.29 is 40.6 Å². The predicted molar refractivity (Wildman–Crippen MR) is 123 cm³/mol. The molecule has 0 saturated carbocycles. The minimum Gasteiger partial charge on any atom is -0.388 e. The van der Waals surface area contributed by atoms with Crippen molar-refractivity contribution in [3.63, 3.8) is 0 Å². The van der Waals surface area contributed by atoms with Crippen molar-refractivity contribution >= 4 is 57.9 Å². The van der Waals surface area contributed by atoms with Gasteiger partial charge in [0.15, 0.2) is 11.6 Å². The van der Waals surface area contributed by atoms with E-state index in [9.17, 15) is 31.1 Å². The molecule has 200 valence electrons. The summed E-state index contributed by atoms with van der Waals surface area (Å²) >= 11 is 0. The highest BCUT2D eigenvalue weighted by atomic mass is 19.4. The van der Waals surface area contributed by atoms with Gasteiger partial charge in [-0.2, -0.15) is 26.3 Å². The number of aromatic nitrogens is 4. The second-order valence-electron chi connectivity index (χ2n) is 7.10. The van der Waals surface area contributed by atoms with E-state index in [0.29, 0.717) is 11.5 Å². The fraction of sp³-hybridized carbons (Fsp3) is 0.143. The van der Waals surface area contributed by atoms with Gasteiger partial charge >= 0.3 is 18.3 Å². The lowest BCUT2D eigenvalue weighted by Crippen LogP contribution is -2.29. The third kappa shape index (κ3) is 7.77. The predicted octanol–water partition coefficient (Wildman–Crippen LogP) is 4.79. The van der Waals surface area contributed by atoms with Crippen LogP contribution in [0.2, 0.25) is 0 Å². The van der Waals surface area contributed by atoms with Gasteiger partial charge in [-0.3, -0.25) is 9.59 Å². The van der Waals surface area contributed by atoms with E-state index in [4.69, 9.17) is 4.79 Å². The monoisotopic (exact) mass is 542 g/mol. The van der Waals surface area contributed by atoms with Gasteiger partial charge in [0.2, 0.25) is 17.6 Å². The molecule has 0 fully saturated rings. The number of carbonyl (C=O) groups is 2. The van der Waals surface area contributed by atoms with E-state index in [1.165, 1.54) is 24.3 Å². The van der Waals surface area contributed by atoms with Crippen molar-refractivity contribution in [3.8, 4) is 0 Å². The Bertz CT molecular complexity index is 1390. The quantitative estimate of drug-likeness (QED) is 0.198. The molecule has 0 atom stereocenters. The first-order valence-electron chi connectivity index (χ1n) is 10.2. The van der Waals surface area contributed by atoms with Crippen molar-refractivity contribution in [2.24, 2.45) is 0 Å². The molecule has 2 aromatic carbocycles. The van der Waals surface area contributed by atoms with Crippen LogP contribution in [-0.2, 0) is 9.59 Å². The molecule has 4 rings (SSSR count). The van der Waals surface area contributed by atoms with Gasteiger partial charge in [0, 0.05) is 29.8 Å². The van der Waals surface area contributed by atoms with Crippen molar-refractivity contribution in [1.82, 2.24) is 20.3 Å². The van der Waals surface area contributed by atoms with Gasteiger partial charge in [-0.1, -0.05) is 0 Å². The summed E-state index contributed by atoms with van der Waals surface area (Å²) in [5, 5.41) is 18.3. The molecular formula is C21H16F6N8O3. The maximum absolute atomic E-state index is 12.4. The number of aldehydes is 1. The molecule has 0 aliphatic rings. The summed E-state index contributed by atoms with van der Waals surface area (Å²) in [4.78, 5) is 28.4. The Morgan fingerprint density at radius 3 is 1.53 bits per heavy atom. The van der Waals surface area contributed by atoms with E-state index >= 15 is 0 Å². The molecular weight excluding hydrogens is 526 g/mol. The second-order valence-corrected chi connectivity index (χ2v) is 7.10. The van der Waals surface area contributed by atoms with Gasteiger partial charge < -0.3 is 21.3 Å². The van der Waals surface area contributed by atoms with E-state index in [0.717, 1.165) is 11.4 Å². The fourth-order valence-corrected chi connectivity index (χ4v) is 2.64. The first-order valence-corrected chi connectivity index (χ1v) is 10.2. The number of hydrogen-bond donors (Lipinski definition) is 4. The average molecular weight is 542 g/mol. The first kappa shape index (κ1) is 27.6. The molecule has 38 heavy (non-hydrogen) atoms. The number of halogens is 6. The van der Waals surface area contributed by atoms with Gasteiger partial charge in [0.05, 0.1) is 0 Å². The summed E-state index contributed by atoms with van der Waals surface area (Å²) in [6, 6.07) is 13.0. The number of anilines is 6. The number of carbonyl (C=O) groups excluding carboxylic acids is 2. The van der Waals surface area contributed by atoms with Gasteiger partial charge in [0.25, 0.3) is 0 Å². The number of amides is 1. The summed E-state index contributed by atoms with van der Waals surface area (Å²) in [6.07, 6.45) is -10.7. The molecule has 2 aromatic heterocycles. The van der Waals surface area contributed by atoms with Gasteiger partial charge in [0.1, 0.15) is 0 Å². The molecule has 2 heterocycles. The lowest BCUT2D eigenvalue weighted by Gasteiger charge is -2.13. The van der Waals surface area contributed by atoms with Crippen LogP contribution >= 0.6 is 0 Å². The van der Waals surface area contributed by atoms with Crippen molar-refractivity contribution in [2.45, 2.75) is 12.4 Å². The zero-order chi connectivity index (χ0) is 27.9. The van der Waals surface area contributed by atoms with Crippen LogP contribution in [0.4, 0.5) is 60.7 Å². The lowest BCUT2D eigenvalue weighted by atomic mass is 10.2. The SMILES string of the molecule is CNc1ccc(Nc2nc3nonc3nc2Nc2ccc(NC(=O)C(F)(F)F)cc2)cc1.O=CC(F)(F)F. The van der Waals surface area contributed by atoms with Crippen LogP contribution < -0.4 is 21.3 Å². The molecule has 17 heteroatoms. The van der Waals surface area contributed by atoms with Crippen LogP contribution in [0, 0.1) is 0 Å². The Labute approximate surface area is 208 Å². The maximum atomic E-state index is 12.4. The lowest BCUT2D eigenvalue weighted by molar-refractivity contribution is -0.167. The Balaban J connectivity index is 0.000000599. The highest BCUT2D eigenvalue weighted by Gasteiger charge is 2.38. The van der Waals surface area contributed by atoms with E-state index in [1.54, 1.807) is 12.4 Å². The minimum atomic E-state index is -4.97. The highest BCUT2D eigenvalue weighted by Crippen LogP contribution is 2.28. The van der Waals surface area contributed by atoms with Crippen molar-refractivity contribution in [3.05, 3.63) is 48.5 Å². The normalized spacial score (nSPS) is 11.2. The number of alkyl halides is 6. The molecule has 0 bridgehead atoms. The summed E-state index contributed by atoms with van der Waals surface area (Å²) in [5.74, 6) is -1.46. The van der Waals surface area contributed by atoms with E-state index in [2.05, 4.69) is 40.9 Å². The third-order valence-corrected chi connectivity index (χ3v) is 4.35.